The number of hydrogen-bond acceptors (Lipinski definition) is 2. The van der Waals surface area contributed by atoms with Gasteiger partial charge in [-0.05, 0) is 43.5 Å². The first-order valence-corrected chi connectivity index (χ1v) is 6.69. The van der Waals surface area contributed by atoms with Gasteiger partial charge in [-0.2, -0.15) is 0 Å². The molecule has 0 spiro atoms. The van der Waals surface area contributed by atoms with Crippen molar-refractivity contribution in [3.8, 4) is 0 Å². The molecule has 1 fully saturated rings. The highest BCUT2D eigenvalue weighted by atomic mass is 19.1. The highest BCUT2D eigenvalue weighted by molar-refractivity contribution is 5.81. The Morgan fingerprint density at radius 1 is 1.47 bits per heavy atom. The van der Waals surface area contributed by atoms with Crippen molar-refractivity contribution in [2.75, 3.05) is 27.2 Å². The van der Waals surface area contributed by atoms with Crippen molar-refractivity contribution in [1.82, 2.24) is 9.80 Å². The molecule has 1 aliphatic heterocycles. The lowest BCUT2D eigenvalue weighted by atomic mass is 9.98. The predicted octanol–water partition coefficient (Wildman–Crippen LogP) is 2.09. The molecule has 0 radical (unpaired) electrons. The van der Waals surface area contributed by atoms with Gasteiger partial charge >= 0.3 is 0 Å². The van der Waals surface area contributed by atoms with Crippen molar-refractivity contribution in [2.24, 2.45) is 0 Å². The Balaban J connectivity index is 2.02. The number of likely N-dealkylation sites (N-methyl/N-ethyl adjacent to an activating group) is 1. The Hall–Kier alpha value is -1.42. The second-order valence-corrected chi connectivity index (χ2v) is 5.44. The summed E-state index contributed by atoms with van der Waals surface area (Å²) in [4.78, 5) is 15.8. The van der Waals surface area contributed by atoms with Gasteiger partial charge in [0.1, 0.15) is 5.82 Å². The molecule has 1 aromatic rings. The summed E-state index contributed by atoms with van der Waals surface area (Å²) in [6.07, 6.45) is 0.981. The van der Waals surface area contributed by atoms with E-state index in [1.165, 1.54) is 6.07 Å². The largest absolute Gasteiger partial charge is 0.347 e. The van der Waals surface area contributed by atoms with Crippen LogP contribution in [0.5, 0.6) is 0 Å². The molecule has 0 saturated carbocycles. The van der Waals surface area contributed by atoms with E-state index in [4.69, 9.17) is 0 Å². The Morgan fingerprint density at radius 2 is 2.21 bits per heavy atom. The molecular weight excluding hydrogens is 243 g/mol. The van der Waals surface area contributed by atoms with E-state index in [9.17, 15) is 9.18 Å². The molecule has 0 aromatic heterocycles. The molecule has 1 heterocycles. The molecule has 0 aliphatic carbocycles. The molecule has 2 rings (SSSR count). The molecule has 3 nitrogen and oxygen atoms in total. The van der Waals surface area contributed by atoms with Crippen LogP contribution in [-0.4, -0.2) is 48.9 Å². The normalized spacial score (nSPS) is 21.4. The fraction of sp³-hybridized carbons (Fsp3) is 0.533. The van der Waals surface area contributed by atoms with E-state index in [0.717, 1.165) is 25.1 Å². The summed E-state index contributed by atoms with van der Waals surface area (Å²) < 4.78 is 13.2. The van der Waals surface area contributed by atoms with Gasteiger partial charge in [0.15, 0.2) is 0 Å². The van der Waals surface area contributed by atoms with Crippen molar-refractivity contribution in [3.63, 3.8) is 0 Å². The first-order valence-electron chi connectivity index (χ1n) is 6.69. The third-order valence-corrected chi connectivity index (χ3v) is 3.89. The third kappa shape index (κ3) is 3.13. The lowest BCUT2D eigenvalue weighted by Gasteiger charge is -2.26. The zero-order valence-electron chi connectivity index (χ0n) is 11.8. The summed E-state index contributed by atoms with van der Waals surface area (Å²) in [5.41, 5.74) is 1.03. The fourth-order valence-corrected chi connectivity index (χ4v) is 2.70. The van der Waals surface area contributed by atoms with Crippen LogP contribution in [-0.2, 0) is 4.79 Å². The molecule has 104 valence electrons. The lowest BCUT2D eigenvalue weighted by molar-refractivity contribution is -0.133. The summed E-state index contributed by atoms with van der Waals surface area (Å²) in [7, 11) is 3.55. The van der Waals surface area contributed by atoms with E-state index in [0.29, 0.717) is 5.92 Å². The number of hydrogen-bond donors (Lipinski definition) is 0. The molecule has 1 saturated heterocycles. The van der Waals surface area contributed by atoms with Crippen LogP contribution in [0.1, 0.15) is 24.8 Å². The molecule has 0 N–H and O–H groups in total. The summed E-state index contributed by atoms with van der Waals surface area (Å²) in [6.45, 7) is 3.66. The number of carbonyl (C=O) groups excluding carboxylic acids is 1. The number of halogens is 1. The molecular formula is C15H21FN2O. The quantitative estimate of drug-likeness (QED) is 0.834. The molecule has 0 unspecified atom stereocenters. The van der Waals surface area contributed by atoms with Crippen molar-refractivity contribution >= 4 is 5.91 Å². The number of amides is 1. The second kappa shape index (κ2) is 5.70. The minimum Gasteiger partial charge on any atom is -0.347 e. The summed E-state index contributed by atoms with van der Waals surface area (Å²) >= 11 is 0. The third-order valence-electron chi connectivity index (χ3n) is 3.89. The minimum atomic E-state index is -0.187. The van der Waals surface area contributed by atoms with Gasteiger partial charge in [0.05, 0.1) is 6.04 Å². The summed E-state index contributed by atoms with van der Waals surface area (Å²) in [6, 6.07) is 6.69. The Labute approximate surface area is 114 Å². The zero-order valence-corrected chi connectivity index (χ0v) is 11.8. The molecule has 1 aliphatic rings. The van der Waals surface area contributed by atoms with Gasteiger partial charge in [0, 0.05) is 20.6 Å². The molecule has 19 heavy (non-hydrogen) atoms. The molecule has 1 aromatic carbocycles. The van der Waals surface area contributed by atoms with Gasteiger partial charge in [0.25, 0.3) is 0 Å². The Kier molecular flexibility index (Phi) is 4.20. The smallest absolute Gasteiger partial charge is 0.239 e. The van der Waals surface area contributed by atoms with Crippen molar-refractivity contribution in [2.45, 2.75) is 25.3 Å². The predicted molar refractivity (Wildman–Crippen MR) is 73.5 cm³/mol. The maximum Gasteiger partial charge on any atom is 0.239 e. The topological polar surface area (TPSA) is 23.6 Å². The average Bonchev–Trinajstić information content (AvgIpc) is 2.86. The molecule has 1 amide bonds. The fourth-order valence-electron chi connectivity index (χ4n) is 2.70. The maximum absolute atomic E-state index is 13.2. The molecule has 4 heteroatoms. The van der Waals surface area contributed by atoms with E-state index in [2.05, 4.69) is 4.90 Å². The number of nitrogens with zero attached hydrogens (tertiary/aromatic N) is 2. The van der Waals surface area contributed by atoms with Crippen molar-refractivity contribution in [3.05, 3.63) is 35.6 Å². The van der Waals surface area contributed by atoms with Crippen LogP contribution >= 0.6 is 0 Å². The van der Waals surface area contributed by atoms with E-state index >= 15 is 0 Å². The second-order valence-electron chi connectivity index (χ2n) is 5.44. The minimum absolute atomic E-state index is 0.103. The van der Waals surface area contributed by atoms with E-state index in [1.807, 2.05) is 13.0 Å². The standard InChI is InChI=1S/C15H21FN2O/c1-11(15(19)17(2)3)18-8-7-13(10-18)12-5-4-6-14(16)9-12/h4-6,9,11,13H,7-8,10H2,1-3H3/t11-,13+/m1/s1. The van der Waals surface area contributed by atoms with Gasteiger partial charge in [-0.15, -0.1) is 0 Å². The van der Waals surface area contributed by atoms with Crippen LogP contribution in [0.25, 0.3) is 0 Å². The average molecular weight is 264 g/mol. The number of likely N-dealkylation sites (tertiary alicyclic amines) is 1. The monoisotopic (exact) mass is 264 g/mol. The molecule has 2 atom stereocenters. The van der Waals surface area contributed by atoms with Crippen LogP contribution in [0.4, 0.5) is 4.39 Å². The van der Waals surface area contributed by atoms with Crippen LogP contribution in [0, 0.1) is 5.82 Å². The van der Waals surface area contributed by atoms with Crippen molar-refractivity contribution in [1.29, 1.82) is 0 Å². The number of rotatable bonds is 3. The zero-order chi connectivity index (χ0) is 14.0. The van der Waals surface area contributed by atoms with Crippen LogP contribution in [0.15, 0.2) is 24.3 Å². The lowest BCUT2D eigenvalue weighted by Crippen LogP contribution is -2.43. The number of carbonyl (C=O) groups is 1. The highest BCUT2D eigenvalue weighted by Crippen LogP contribution is 2.28. The SMILES string of the molecule is C[C@H](C(=O)N(C)C)N1CC[C@H](c2cccc(F)c2)C1. The van der Waals surface area contributed by atoms with Gasteiger partial charge in [-0.1, -0.05) is 12.1 Å². The van der Waals surface area contributed by atoms with E-state index in [-0.39, 0.29) is 17.8 Å². The van der Waals surface area contributed by atoms with E-state index < -0.39 is 0 Å². The van der Waals surface area contributed by atoms with Crippen molar-refractivity contribution < 1.29 is 9.18 Å². The maximum atomic E-state index is 13.2. The molecule has 0 bridgehead atoms. The number of benzene rings is 1. The summed E-state index contributed by atoms with van der Waals surface area (Å²) in [5, 5.41) is 0. The summed E-state index contributed by atoms with van der Waals surface area (Å²) in [5.74, 6) is 0.265. The van der Waals surface area contributed by atoms with Crippen LogP contribution < -0.4 is 0 Å². The Bertz CT molecular complexity index is 461. The first kappa shape index (κ1) is 14.0. The van der Waals surface area contributed by atoms with Crippen LogP contribution in [0.2, 0.25) is 0 Å². The van der Waals surface area contributed by atoms with Gasteiger partial charge in [-0.25, -0.2) is 4.39 Å². The van der Waals surface area contributed by atoms with Crippen LogP contribution in [0.3, 0.4) is 0 Å². The van der Waals surface area contributed by atoms with Gasteiger partial charge < -0.3 is 4.90 Å². The highest BCUT2D eigenvalue weighted by Gasteiger charge is 2.30. The Morgan fingerprint density at radius 3 is 2.84 bits per heavy atom. The van der Waals surface area contributed by atoms with Gasteiger partial charge in [-0.3, -0.25) is 9.69 Å². The first-order chi connectivity index (χ1) is 8.99. The van der Waals surface area contributed by atoms with E-state index in [1.54, 1.807) is 31.1 Å². The van der Waals surface area contributed by atoms with Gasteiger partial charge in [0.2, 0.25) is 5.91 Å².